The van der Waals surface area contributed by atoms with Crippen molar-refractivity contribution in [1.82, 2.24) is 5.32 Å². The van der Waals surface area contributed by atoms with Crippen LogP contribution in [0.1, 0.15) is 84.7 Å². The van der Waals surface area contributed by atoms with Gasteiger partial charge in [0.1, 0.15) is 0 Å². The van der Waals surface area contributed by atoms with Crippen molar-refractivity contribution in [2.24, 2.45) is 0 Å². The van der Waals surface area contributed by atoms with Gasteiger partial charge in [0.25, 0.3) is 5.91 Å². The summed E-state index contributed by atoms with van der Waals surface area (Å²) in [5.74, 6) is -0.209. The zero-order valence-electron chi connectivity index (χ0n) is 19.2. The Bertz CT molecular complexity index is 1060. The van der Waals surface area contributed by atoms with Crippen LogP contribution in [0.2, 0.25) is 0 Å². The van der Waals surface area contributed by atoms with E-state index >= 15 is 0 Å². The van der Waals surface area contributed by atoms with Crippen LogP contribution < -0.4 is 5.32 Å². The quantitative estimate of drug-likeness (QED) is 0.603. The van der Waals surface area contributed by atoms with Crippen LogP contribution in [-0.4, -0.2) is 30.9 Å². The average molecular weight is 456 g/mol. The molecule has 0 bridgehead atoms. The van der Waals surface area contributed by atoms with Crippen LogP contribution in [0.5, 0.6) is 0 Å². The minimum atomic E-state index is -3.28. The molecule has 5 nitrogen and oxygen atoms in total. The van der Waals surface area contributed by atoms with Crippen LogP contribution in [0, 0.1) is 0 Å². The van der Waals surface area contributed by atoms with E-state index < -0.39 is 14.6 Å². The van der Waals surface area contributed by atoms with Crippen molar-refractivity contribution in [3.05, 3.63) is 70.8 Å². The highest BCUT2D eigenvalue weighted by Gasteiger charge is 2.29. The second-order valence-corrected chi connectivity index (χ2v) is 12.4. The predicted molar refractivity (Wildman–Crippen MR) is 128 cm³/mol. The van der Waals surface area contributed by atoms with Gasteiger partial charge in [0.2, 0.25) is 0 Å². The number of nitrogens with one attached hydrogen (secondary N) is 1. The van der Waals surface area contributed by atoms with Crippen molar-refractivity contribution < 1.29 is 18.0 Å². The first-order chi connectivity index (χ1) is 15.0. The number of hydrogen-bond donors (Lipinski definition) is 1. The first kappa shape index (κ1) is 24.2. The molecule has 1 N–H and O–H groups in total. The van der Waals surface area contributed by atoms with E-state index in [9.17, 15) is 18.0 Å². The Hall–Kier alpha value is -2.47. The average Bonchev–Trinajstić information content (AvgIpc) is 2.74. The molecular formula is C26H33NO4S. The van der Waals surface area contributed by atoms with E-state index in [4.69, 9.17) is 0 Å². The van der Waals surface area contributed by atoms with Gasteiger partial charge in [-0.1, -0.05) is 55.7 Å². The van der Waals surface area contributed by atoms with Gasteiger partial charge >= 0.3 is 0 Å². The van der Waals surface area contributed by atoms with E-state index in [2.05, 4.69) is 5.32 Å². The SMILES string of the molecule is CC(C)(C)S(=O)(=O)Cc1ccc(C(=O)Cc2cccc(C(=O)NC3CCCCC3)c2)cc1. The zero-order valence-corrected chi connectivity index (χ0v) is 20.0. The summed E-state index contributed by atoms with van der Waals surface area (Å²) in [5.41, 5.74) is 2.55. The molecule has 1 aliphatic carbocycles. The van der Waals surface area contributed by atoms with Crippen molar-refractivity contribution in [2.45, 2.75) is 75.8 Å². The molecule has 0 atom stereocenters. The third kappa shape index (κ3) is 6.28. The van der Waals surface area contributed by atoms with Crippen LogP contribution >= 0.6 is 0 Å². The third-order valence-electron chi connectivity index (χ3n) is 6.06. The van der Waals surface area contributed by atoms with Gasteiger partial charge in [0.05, 0.1) is 10.5 Å². The standard InChI is InChI=1S/C26H33NO4S/c1-26(2,3)32(30,31)18-19-12-14-21(15-13-19)24(28)17-20-8-7-9-22(16-20)25(29)27-23-10-5-4-6-11-23/h7-9,12-16,23H,4-6,10-11,17-18H2,1-3H3,(H,27,29). The van der Waals surface area contributed by atoms with Crippen LogP contribution in [0.25, 0.3) is 0 Å². The molecule has 2 aromatic carbocycles. The van der Waals surface area contributed by atoms with Crippen molar-refractivity contribution in [3.63, 3.8) is 0 Å². The molecule has 3 rings (SSSR count). The fourth-order valence-electron chi connectivity index (χ4n) is 3.85. The number of Topliss-reactive ketones (excluding diaryl/α,β-unsaturated/α-hetero) is 1. The Morgan fingerprint density at radius 1 is 0.906 bits per heavy atom. The fraction of sp³-hybridized carbons (Fsp3) is 0.462. The molecule has 1 fully saturated rings. The molecule has 32 heavy (non-hydrogen) atoms. The number of amides is 1. The Morgan fingerprint density at radius 3 is 2.19 bits per heavy atom. The largest absolute Gasteiger partial charge is 0.349 e. The second-order valence-electron chi connectivity index (χ2n) is 9.68. The number of carbonyl (C=O) groups excluding carboxylic acids is 2. The molecule has 0 heterocycles. The van der Waals surface area contributed by atoms with Gasteiger partial charge in [-0.25, -0.2) is 8.42 Å². The van der Waals surface area contributed by atoms with Crippen LogP contribution in [0.15, 0.2) is 48.5 Å². The van der Waals surface area contributed by atoms with Gasteiger partial charge in [-0.2, -0.15) is 0 Å². The number of benzene rings is 2. The number of rotatable bonds is 7. The first-order valence-electron chi connectivity index (χ1n) is 11.3. The molecule has 0 unspecified atom stereocenters. The summed E-state index contributed by atoms with van der Waals surface area (Å²) in [4.78, 5) is 25.3. The summed E-state index contributed by atoms with van der Waals surface area (Å²) >= 11 is 0. The van der Waals surface area contributed by atoms with E-state index in [1.165, 1.54) is 6.42 Å². The molecule has 0 saturated heterocycles. The lowest BCUT2D eigenvalue weighted by Crippen LogP contribution is -2.36. The lowest BCUT2D eigenvalue weighted by atomic mass is 9.95. The number of hydrogen-bond acceptors (Lipinski definition) is 4. The maximum atomic E-state index is 12.7. The van der Waals surface area contributed by atoms with Gasteiger partial charge in [0, 0.05) is 23.6 Å². The van der Waals surface area contributed by atoms with Gasteiger partial charge in [0.15, 0.2) is 15.6 Å². The highest BCUT2D eigenvalue weighted by Crippen LogP contribution is 2.21. The first-order valence-corrected chi connectivity index (χ1v) is 12.9. The molecule has 0 spiro atoms. The van der Waals surface area contributed by atoms with Crippen LogP contribution in [0.4, 0.5) is 0 Å². The van der Waals surface area contributed by atoms with Crippen molar-refractivity contribution in [1.29, 1.82) is 0 Å². The Balaban J connectivity index is 1.63. The predicted octanol–water partition coefficient (Wildman–Crippen LogP) is 4.89. The maximum Gasteiger partial charge on any atom is 0.251 e. The minimum absolute atomic E-state index is 0.0525. The summed E-state index contributed by atoms with van der Waals surface area (Å²) in [6.45, 7) is 5.05. The van der Waals surface area contributed by atoms with Crippen LogP contribution in [-0.2, 0) is 22.0 Å². The monoisotopic (exact) mass is 455 g/mol. The normalized spacial score (nSPS) is 15.3. The van der Waals surface area contributed by atoms with Crippen molar-refractivity contribution >= 4 is 21.5 Å². The van der Waals surface area contributed by atoms with E-state index in [1.54, 1.807) is 63.2 Å². The molecule has 1 aliphatic rings. The highest BCUT2D eigenvalue weighted by atomic mass is 32.2. The molecule has 0 aliphatic heterocycles. The Labute approximate surface area is 191 Å². The summed E-state index contributed by atoms with van der Waals surface area (Å²) < 4.78 is 24.0. The maximum absolute atomic E-state index is 12.7. The van der Waals surface area contributed by atoms with Gasteiger partial charge in [-0.3, -0.25) is 9.59 Å². The molecule has 172 valence electrons. The van der Waals surface area contributed by atoms with Crippen molar-refractivity contribution in [3.8, 4) is 0 Å². The van der Waals surface area contributed by atoms with E-state index in [0.717, 1.165) is 31.2 Å². The number of ketones is 1. The van der Waals surface area contributed by atoms with E-state index in [1.807, 2.05) is 6.07 Å². The lowest BCUT2D eigenvalue weighted by molar-refractivity contribution is 0.0925. The van der Waals surface area contributed by atoms with Gasteiger partial charge in [-0.05, 0) is 56.9 Å². The Morgan fingerprint density at radius 2 is 1.56 bits per heavy atom. The Kier molecular flexibility index (Phi) is 7.55. The molecule has 0 radical (unpaired) electrons. The van der Waals surface area contributed by atoms with Crippen molar-refractivity contribution in [2.75, 3.05) is 0 Å². The number of sulfone groups is 1. The smallest absolute Gasteiger partial charge is 0.251 e. The highest BCUT2D eigenvalue weighted by molar-refractivity contribution is 7.91. The van der Waals surface area contributed by atoms with Gasteiger partial charge < -0.3 is 5.32 Å². The summed E-state index contributed by atoms with van der Waals surface area (Å²) in [7, 11) is -3.28. The third-order valence-corrected chi connectivity index (χ3v) is 8.64. The minimum Gasteiger partial charge on any atom is -0.349 e. The zero-order chi connectivity index (χ0) is 23.4. The lowest BCUT2D eigenvalue weighted by Gasteiger charge is -2.22. The fourth-order valence-corrected chi connectivity index (χ4v) is 4.91. The molecule has 2 aromatic rings. The van der Waals surface area contributed by atoms with Gasteiger partial charge in [-0.15, -0.1) is 0 Å². The van der Waals surface area contributed by atoms with Crippen LogP contribution in [0.3, 0.4) is 0 Å². The molecule has 1 saturated carbocycles. The summed E-state index contributed by atoms with van der Waals surface area (Å²) in [5, 5.41) is 3.11. The molecule has 1 amide bonds. The molecule has 0 aromatic heterocycles. The number of carbonyl (C=O) groups is 2. The topological polar surface area (TPSA) is 80.3 Å². The summed E-state index contributed by atoms with van der Waals surface area (Å²) in [6.07, 6.45) is 5.77. The summed E-state index contributed by atoms with van der Waals surface area (Å²) in [6, 6.07) is 14.2. The molecular weight excluding hydrogens is 422 g/mol. The molecule has 6 heteroatoms. The van der Waals surface area contributed by atoms with E-state index in [0.29, 0.717) is 16.7 Å². The van der Waals surface area contributed by atoms with E-state index in [-0.39, 0.29) is 29.9 Å². The second kappa shape index (κ2) is 9.99.